The van der Waals surface area contributed by atoms with Crippen LogP contribution in [0.15, 0.2) is 84.9 Å². The summed E-state index contributed by atoms with van der Waals surface area (Å²) < 4.78 is 13.3. The fourth-order valence-electron chi connectivity index (χ4n) is 7.51. The second-order valence-electron chi connectivity index (χ2n) is 11.5. The number of fused-ring (bicyclic) bond motifs is 6. The number of hydrogen-bond acceptors (Lipinski definition) is 4. The van der Waals surface area contributed by atoms with E-state index in [1.165, 1.54) is 33.4 Å². The van der Waals surface area contributed by atoms with E-state index in [2.05, 4.69) is 84.9 Å². The van der Waals surface area contributed by atoms with Crippen molar-refractivity contribution in [2.45, 2.75) is 60.8 Å². The van der Waals surface area contributed by atoms with Crippen molar-refractivity contribution in [1.29, 1.82) is 0 Å². The molecule has 0 radical (unpaired) electrons. The first-order chi connectivity index (χ1) is 20.1. The molecule has 41 heavy (non-hydrogen) atoms. The van der Waals surface area contributed by atoms with Gasteiger partial charge < -0.3 is 0 Å². The van der Waals surface area contributed by atoms with Crippen molar-refractivity contribution in [1.82, 2.24) is 0 Å². The molecule has 2 aliphatic carbocycles. The first-order valence-corrected chi connectivity index (χ1v) is 18.0. The Morgan fingerprint density at radius 3 is 1.46 bits per heavy atom. The minimum absolute atomic E-state index is 0.261. The second-order valence-corrected chi connectivity index (χ2v) is 16.2. The summed E-state index contributed by atoms with van der Waals surface area (Å²) in [5, 5.41) is 0. The summed E-state index contributed by atoms with van der Waals surface area (Å²) in [6, 6.07) is 30.0. The molecule has 4 nitrogen and oxygen atoms in total. The van der Waals surface area contributed by atoms with E-state index in [4.69, 9.17) is 6.64 Å². The molecule has 3 aliphatic rings. The van der Waals surface area contributed by atoms with E-state index < -0.39 is 17.4 Å². The van der Waals surface area contributed by atoms with Crippen LogP contribution in [-0.4, -0.2) is 11.9 Å². The van der Waals surface area contributed by atoms with Crippen molar-refractivity contribution in [3.8, 4) is 22.3 Å². The molecule has 0 aromatic heterocycles. The van der Waals surface area contributed by atoms with E-state index >= 15 is 0 Å². The fraction of sp³-hybridized carbons (Fsp3) is 0.278. The van der Waals surface area contributed by atoms with E-state index in [0.29, 0.717) is 25.7 Å². The van der Waals surface area contributed by atoms with Gasteiger partial charge in [-0.2, -0.15) is 0 Å². The molecule has 4 aromatic carbocycles. The van der Waals surface area contributed by atoms with Gasteiger partial charge in [-0.15, -0.1) is 0 Å². The predicted octanol–water partition coefficient (Wildman–Crippen LogP) is 8.30. The van der Waals surface area contributed by atoms with Crippen molar-refractivity contribution in [3.05, 3.63) is 118 Å². The van der Waals surface area contributed by atoms with Gasteiger partial charge >= 0.3 is 247 Å². The fourth-order valence-corrected chi connectivity index (χ4v) is 14.7. The third-order valence-corrected chi connectivity index (χ3v) is 15.1. The number of benzene rings is 4. The van der Waals surface area contributed by atoms with Gasteiger partial charge in [0.25, 0.3) is 0 Å². The Kier molecular flexibility index (Phi) is 6.72. The molecule has 0 N–H and O–H groups in total. The number of carbonyl (C=O) groups excluding carboxylic acids is 2. The summed E-state index contributed by atoms with van der Waals surface area (Å²) in [4.78, 5) is 27.6. The van der Waals surface area contributed by atoms with Gasteiger partial charge in [0.2, 0.25) is 0 Å². The van der Waals surface area contributed by atoms with E-state index in [9.17, 15) is 9.59 Å². The number of aryl methyl sites for hydroxylation is 2. The molecular formula is C36H34O4Ti. The summed E-state index contributed by atoms with van der Waals surface area (Å²) in [5.74, 6) is -0.522. The van der Waals surface area contributed by atoms with Gasteiger partial charge in [0.05, 0.1) is 0 Å². The molecular weight excluding hydrogens is 544 g/mol. The molecule has 1 heterocycles. The van der Waals surface area contributed by atoms with Gasteiger partial charge in [-0.1, -0.05) is 0 Å². The predicted molar refractivity (Wildman–Crippen MR) is 157 cm³/mol. The number of carbonyl (C=O) groups is 2. The van der Waals surface area contributed by atoms with Crippen LogP contribution in [-0.2, 0) is 46.4 Å². The number of hydrogen-bond donors (Lipinski definition) is 0. The molecule has 0 saturated heterocycles. The summed E-state index contributed by atoms with van der Waals surface area (Å²) in [6.45, 7) is 3.98. The number of rotatable bonds is 6. The summed E-state index contributed by atoms with van der Waals surface area (Å²) in [5.41, 5.74) is 11.8. The van der Waals surface area contributed by atoms with Crippen LogP contribution in [0.25, 0.3) is 22.3 Å². The molecule has 0 spiro atoms. The van der Waals surface area contributed by atoms with Crippen LogP contribution in [0.1, 0.15) is 81.4 Å². The molecule has 5 heteroatoms. The first kappa shape index (κ1) is 26.4. The monoisotopic (exact) mass is 578 g/mol. The van der Waals surface area contributed by atoms with Crippen LogP contribution < -0.4 is 0 Å². The van der Waals surface area contributed by atoms with Gasteiger partial charge in [-0.3, -0.25) is 0 Å². The van der Waals surface area contributed by atoms with Crippen LogP contribution in [0, 0.1) is 0 Å². The molecule has 4 aromatic rings. The molecule has 2 unspecified atom stereocenters. The van der Waals surface area contributed by atoms with E-state index in [-0.39, 0.29) is 20.4 Å². The van der Waals surface area contributed by atoms with Gasteiger partial charge in [-0.05, 0) is 0 Å². The quantitative estimate of drug-likeness (QED) is 0.216. The van der Waals surface area contributed by atoms with Crippen LogP contribution in [0.2, 0.25) is 0 Å². The summed E-state index contributed by atoms with van der Waals surface area (Å²) in [7, 11) is 0. The van der Waals surface area contributed by atoms with Gasteiger partial charge in [-0.25, -0.2) is 0 Å². The molecule has 206 valence electrons. The SMILES string of the molecule is CCCC(=O)[O][Ti]1([O]C(=O)CCC)[CH]2c3ccccc3-c3cccc(c32)CCc2cccc3c2[CH]1c1ccccc1-3. The Labute approximate surface area is 246 Å². The van der Waals surface area contributed by atoms with Gasteiger partial charge in [0, 0.05) is 0 Å². The average molecular weight is 579 g/mol. The van der Waals surface area contributed by atoms with E-state index in [1.807, 2.05) is 13.8 Å². The molecule has 0 amide bonds. The molecule has 0 saturated carbocycles. The first-order valence-electron chi connectivity index (χ1n) is 14.9. The summed E-state index contributed by atoms with van der Waals surface area (Å²) >= 11 is -4.65. The van der Waals surface area contributed by atoms with E-state index in [1.54, 1.807) is 0 Å². The average Bonchev–Trinajstić information content (AvgIpc) is 3.51. The third-order valence-electron chi connectivity index (χ3n) is 9.02. The molecule has 7 rings (SSSR count). The van der Waals surface area contributed by atoms with Gasteiger partial charge in [0.15, 0.2) is 0 Å². The normalized spacial score (nSPS) is 18.6. The minimum atomic E-state index is -4.65. The van der Waals surface area contributed by atoms with E-state index in [0.717, 1.165) is 35.1 Å². The van der Waals surface area contributed by atoms with Gasteiger partial charge in [0.1, 0.15) is 0 Å². The van der Waals surface area contributed by atoms with Crippen molar-refractivity contribution in [3.63, 3.8) is 0 Å². The Morgan fingerprint density at radius 2 is 1.02 bits per heavy atom. The Bertz CT molecular complexity index is 1560. The topological polar surface area (TPSA) is 52.6 Å². The summed E-state index contributed by atoms with van der Waals surface area (Å²) in [6.07, 6.45) is 3.68. The molecule has 2 atom stereocenters. The second kappa shape index (κ2) is 10.4. The molecule has 0 fully saturated rings. The maximum absolute atomic E-state index is 13.8. The zero-order valence-electron chi connectivity index (χ0n) is 23.6. The zero-order chi connectivity index (χ0) is 28.1. The molecule has 0 bridgehead atoms. The van der Waals surface area contributed by atoms with Crippen LogP contribution in [0.4, 0.5) is 0 Å². The maximum atomic E-state index is 13.8. The van der Waals surface area contributed by atoms with Crippen molar-refractivity contribution in [2.75, 3.05) is 0 Å². The molecule has 1 aliphatic heterocycles. The van der Waals surface area contributed by atoms with Crippen molar-refractivity contribution < 1.29 is 33.6 Å². The van der Waals surface area contributed by atoms with Crippen molar-refractivity contribution >= 4 is 11.9 Å². The van der Waals surface area contributed by atoms with Crippen molar-refractivity contribution in [2.24, 2.45) is 0 Å². The van der Waals surface area contributed by atoms with Crippen LogP contribution in [0.5, 0.6) is 0 Å². The standard InChI is InChI=1S/C28H20.2C4H8O2.Ti/c1-3-11-23-21(7-1)17-27-19(9-5-13-25(23)27)15-16-20-10-6-14-26-24-12-4-2-8-22(24)18-28(20)26;2*1-2-3-4(5)6;/h1-14,17-18H,15-16H2;2*2-3H2,1H3,(H,5,6);/q;;;+2/p-2. The third kappa shape index (κ3) is 4.06. The Hall–Kier alpha value is -3.47. The Morgan fingerprint density at radius 1 is 0.610 bits per heavy atom. The van der Waals surface area contributed by atoms with Crippen LogP contribution in [0.3, 0.4) is 0 Å². The zero-order valence-corrected chi connectivity index (χ0v) is 25.2. The Balaban J connectivity index is 1.62. The van der Waals surface area contributed by atoms with Crippen LogP contribution >= 0.6 is 0 Å².